The van der Waals surface area contributed by atoms with Crippen molar-refractivity contribution in [3.8, 4) is 5.75 Å². The van der Waals surface area contributed by atoms with Gasteiger partial charge in [-0.1, -0.05) is 5.11 Å². The molecule has 0 aliphatic heterocycles. The van der Waals surface area contributed by atoms with E-state index in [0.717, 1.165) is 0 Å². The summed E-state index contributed by atoms with van der Waals surface area (Å²) in [7, 11) is 0. The van der Waals surface area contributed by atoms with Crippen molar-refractivity contribution in [2.24, 2.45) is 5.11 Å². The molecule has 0 heterocycles. The fourth-order valence-corrected chi connectivity index (χ4v) is 1.12. The van der Waals surface area contributed by atoms with Crippen molar-refractivity contribution in [3.63, 3.8) is 0 Å². The van der Waals surface area contributed by atoms with Crippen molar-refractivity contribution >= 4 is 11.4 Å². The van der Waals surface area contributed by atoms with E-state index in [4.69, 9.17) is 10.3 Å². The van der Waals surface area contributed by atoms with Gasteiger partial charge in [-0.15, -0.1) is 0 Å². The summed E-state index contributed by atoms with van der Waals surface area (Å²) in [5, 5.41) is 14.0. The molecule has 0 amide bonds. The number of rotatable bonds is 4. The molecule has 0 saturated heterocycles. The number of ether oxygens (including phenoxy) is 1. The minimum atomic E-state index is -0.544. The van der Waals surface area contributed by atoms with E-state index in [2.05, 4.69) is 10.0 Å². The number of nitro groups is 1. The molecule has 0 aliphatic rings. The summed E-state index contributed by atoms with van der Waals surface area (Å²) in [4.78, 5) is 12.8. The van der Waals surface area contributed by atoms with Crippen molar-refractivity contribution in [1.29, 1.82) is 0 Å². The summed E-state index contributed by atoms with van der Waals surface area (Å²) in [5.74, 6) is 0.102. The second-order valence-electron chi connectivity index (χ2n) is 3.27. The highest BCUT2D eigenvalue weighted by atomic mass is 16.6. The Morgan fingerprint density at radius 3 is 2.75 bits per heavy atom. The molecule has 84 valence electrons. The first-order valence-corrected chi connectivity index (χ1v) is 4.54. The predicted octanol–water partition coefficient (Wildman–Crippen LogP) is 3.32. The second-order valence-corrected chi connectivity index (χ2v) is 3.27. The molecule has 0 radical (unpaired) electrons. The highest BCUT2D eigenvalue weighted by Crippen LogP contribution is 2.32. The van der Waals surface area contributed by atoms with Gasteiger partial charge in [-0.05, 0) is 31.5 Å². The van der Waals surface area contributed by atoms with Crippen LogP contribution in [0.15, 0.2) is 23.3 Å². The van der Waals surface area contributed by atoms with Crippen molar-refractivity contribution in [1.82, 2.24) is 0 Å². The van der Waals surface area contributed by atoms with E-state index in [9.17, 15) is 10.1 Å². The summed E-state index contributed by atoms with van der Waals surface area (Å²) in [6, 6.07) is 3.96. The lowest BCUT2D eigenvalue weighted by Gasteiger charge is -2.09. The molecule has 0 spiro atoms. The van der Waals surface area contributed by atoms with Crippen LogP contribution in [0, 0.1) is 10.1 Å². The van der Waals surface area contributed by atoms with Gasteiger partial charge in [-0.3, -0.25) is 10.1 Å². The average molecular weight is 222 g/mol. The minimum absolute atomic E-state index is 0.102. The summed E-state index contributed by atoms with van der Waals surface area (Å²) in [6.45, 7) is 3.51. The molecule has 0 aromatic heterocycles. The van der Waals surface area contributed by atoms with Crippen molar-refractivity contribution in [3.05, 3.63) is 38.8 Å². The Morgan fingerprint density at radius 1 is 1.56 bits per heavy atom. The second kappa shape index (κ2) is 4.99. The van der Waals surface area contributed by atoms with E-state index in [1.165, 1.54) is 18.2 Å². The Bertz CT molecular complexity index is 452. The normalized spacial score (nSPS) is 9.69. The van der Waals surface area contributed by atoms with Crippen molar-refractivity contribution in [2.75, 3.05) is 0 Å². The quantitative estimate of drug-likeness (QED) is 0.256. The Labute approximate surface area is 91.4 Å². The van der Waals surface area contributed by atoms with Gasteiger partial charge in [0.25, 0.3) is 0 Å². The van der Waals surface area contributed by atoms with Gasteiger partial charge in [-0.2, -0.15) is 0 Å². The summed E-state index contributed by atoms with van der Waals surface area (Å²) in [5.41, 5.74) is 8.39. The Balaban J connectivity index is 3.20. The molecule has 0 bridgehead atoms. The summed E-state index contributed by atoms with van der Waals surface area (Å²) in [6.07, 6.45) is -0.194. The number of benzene rings is 1. The van der Waals surface area contributed by atoms with Crippen LogP contribution < -0.4 is 4.74 Å². The number of hydrogen-bond donors (Lipinski definition) is 0. The third-order valence-corrected chi connectivity index (χ3v) is 1.66. The fourth-order valence-electron chi connectivity index (χ4n) is 1.12. The maximum absolute atomic E-state index is 10.7. The SMILES string of the molecule is CC(C)Oc1cc(N=[N+]=[N-])ccc1[N+](=O)[O-]. The molecule has 0 saturated carbocycles. The number of nitro benzene ring substituents is 1. The van der Waals surface area contributed by atoms with Gasteiger partial charge in [0.1, 0.15) is 0 Å². The Kier molecular flexibility index (Phi) is 3.68. The smallest absolute Gasteiger partial charge is 0.310 e. The summed E-state index contributed by atoms with van der Waals surface area (Å²) < 4.78 is 5.27. The van der Waals surface area contributed by atoms with Crippen molar-refractivity contribution < 1.29 is 9.66 Å². The first-order valence-electron chi connectivity index (χ1n) is 4.54. The van der Waals surface area contributed by atoms with Crippen LogP contribution in [0.5, 0.6) is 5.75 Å². The molecular formula is C9H10N4O3. The van der Waals surface area contributed by atoms with Gasteiger partial charge in [0.2, 0.25) is 0 Å². The summed E-state index contributed by atoms with van der Waals surface area (Å²) >= 11 is 0. The molecule has 0 unspecified atom stereocenters. The molecule has 0 N–H and O–H groups in total. The zero-order chi connectivity index (χ0) is 12.1. The molecule has 7 heteroatoms. The average Bonchev–Trinajstić information content (AvgIpc) is 2.16. The van der Waals surface area contributed by atoms with Gasteiger partial charge in [0, 0.05) is 16.7 Å². The van der Waals surface area contributed by atoms with Gasteiger partial charge >= 0.3 is 5.69 Å². The van der Waals surface area contributed by atoms with E-state index in [0.29, 0.717) is 0 Å². The molecular weight excluding hydrogens is 212 g/mol. The van der Waals surface area contributed by atoms with Gasteiger partial charge in [-0.25, -0.2) is 0 Å². The zero-order valence-electron chi connectivity index (χ0n) is 8.82. The molecule has 0 atom stereocenters. The molecule has 16 heavy (non-hydrogen) atoms. The first kappa shape index (κ1) is 11.8. The maximum Gasteiger partial charge on any atom is 0.310 e. The lowest BCUT2D eigenvalue weighted by atomic mass is 10.2. The van der Waals surface area contributed by atoms with Gasteiger partial charge in [0.15, 0.2) is 5.75 Å². The molecule has 7 nitrogen and oxygen atoms in total. The van der Waals surface area contributed by atoms with E-state index in [1.807, 2.05) is 0 Å². The third-order valence-electron chi connectivity index (χ3n) is 1.66. The van der Waals surface area contributed by atoms with E-state index < -0.39 is 4.92 Å². The highest BCUT2D eigenvalue weighted by Gasteiger charge is 2.16. The Morgan fingerprint density at radius 2 is 2.25 bits per heavy atom. The van der Waals surface area contributed by atoms with Crippen LogP contribution in [-0.4, -0.2) is 11.0 Å². The topological polar surface area (TPSA) is 101 Å². The molecule has 1 aromatic carbocycles. The van der Waals surface area contributed by atoms with Crippen molar-refractivity contribution in [2.45, 2.75) is 20.0 Å². The van der Waals surface area contributed by atoms with E-state index in [-0.39, 0.29) is 23.2 Å². The van der Waals surface area contributed by atoms with Crippen LogP contribution in [0.1, 0.15) is 13.8 Å². The number of nitrogens with zero attached hydrogens (tertiary/aromatic N) is 4. The van der Waals surface area contributed by atoms with Crippen LogP contribution in [0.25, 0.3) is 10.4 Å². The Hall–Kier alpha value is -2.27. The third kappa shape index (κ3) is 2.86. The largest absolute Gasteiger partial charge is 0.484 e. The molecule has 0 aliphatic carbocycles. The number of azide groups is 1. The lowest BCUT2D eigenvalue weighted by molar-refractivity contribution is -0.386. The van der Waals surface area contributed by atoms with Crippen LogP contribution in [0.4, 0.5) is 11.4 Å². The highest BCUT2D eigenvalue weighted by molar-refractivity contribution is 5.55. The van der Waals surface area contributed by atoms with E-state index in [1.54, 1.807) is 13.8 Å². The van der Waals surface area contributed by atoms with Crippen LogP contribution in [-0.2, 0) is 0 Å². The monoisotopic (exact) mass is 222 g/mol. The first-order chi connectivity index (χ1) is 7.54. The molecule has 0 fully saturated rings. The minimum Gasteiger partial charge on any atom is -0.484 e. The lowest BCUT2D eigenvalue weighted by Crippen LogP contribution is -2.07. The molecule has 1 rings (SSSR count). The van der Waals surface area contributed by atoms with Crippen LogP contribution in [0.2, 0.25) is 0 Å². The maximum atomic E-state index is 10.7. The van der Waals surface area contributed by atoms with Gasteiger partial charge < -0.3 is 4.74 Å². The predicted molar refractivity (Wildman–Crippen MR) is 57.7 cm³/mol. The van der Waals surface area contributed by atoms with Gasteiger partial charge in [0.05, 0.1) is 11.0 Å². The standard InChI is InChI=1S/C9H10N4O3/c1-6(2)16-9-5-7(11-12-10)3-4-8(9)13(14)15/h3-6H,1-2H3. The van der Waals surface area contributed by atoms with Crippen LogP contribution in [0.3, 0.4) is 0 Å². The molecule has 1 aromatic rings. The van der Waals surface area contributed by atoms with Crippen LogP contribution >= 0.6 is 0 Å². The fraction of sp³-hybridized carbons (Fsp3) is 0.333. The zero-order valence-corrected chi connectivity index (χ0v) is 8.82. The van der Waals surface area contributed by atoms with E-state index >= 15 is 0 Å². The number of hydrogen-bond acceptors (Lipinski definition) is 4.